The van der Waals surface area contributed by atoms with E-state index in [1.807, 2.05) is 65.2 Å². The van der Waals surface area contributed by atoms with Crippen LogP contribution in [-0.2, 0) is 13.0 Å². The number of aromatic carboxylic acids is 1. The predicted octanol–water partition coefficient (Wildman–Crippen LogP) is 5.79. The highest BCUT2D eigenvalue weighted by molar-refractivity contribution is 5.96. The Hall–Kier alpha value is -4.52. The molecule has 37 heavy (non-hydrogen) atoms. The van der Waals surface area contributed by atoms with Gasteiger partial charge in [0.05, 0.1) is 5.56 Å². The molecule has 7 heteroatoms. The molecule has 0 atom stereocenters. The molecule has 7 nitrogen and oxygen atoms in total. The lowest BCUT2D eigenvalue weighted by atomic mass is 9.92. The summed E-state index contributed by atoms with van der Waals surface area (Å²) in [6.45, 7) is 6.88. The molecule has 0 amide bonds. The summed E-state index contributed by atoms with van der Waals surface area (Å²) < 4.78 is 1.98. The molecule has 0 aliphatic carbocycles. The molecule has 3 aromatic carbocycles. The number of hydrogen-bond donors (Lipinski definition) is 2. The standard InChI is InChI=1S/C30H28N4O3/c1-30(2,3)17-24-31-26-25(21-9-5-4-6-10-21)32-33-28(35)27(26)34(24)18-19-13-15-20(16-14-19)22-11-7-8-12-23(22)29(36)37/h4-16H,17-18H2,1-3H3,(H,33,35)(H,36,37). The zero-order chi connectivity index (χ0) is 26.2. The Labute approximate surface area is 214 Å². The zero-order valence-corrected chi connectivity index (χ0v) is 21.0. The Bertz CT molecular complexity index is 1640. The smallest absolute Gasteiger partial charge is 0.336 e. The number of rotatable bonds is 6. The van der Waals surface area contributed by atoms with Crippen molar-refractivity contribution < 1.29 is 9.90 Å². The van der Waals surface area contributed by atoms with E-state index < -0.39 is 5.97 Å². The number of imidazole rings is 1. The number of hydrogen-bond acceptors (Lipinski definition) is 4. The molecule has 2 heterocycles. The normalized spacial score (nSPS) is 11.6. The molecular weight excluding hydrogens is 464 g/mol. The average Bonchev–Trinajstić information content (AvgIpc) is 3.22. The molecule has 2 N–H and O–H groups in total. The van der Waals surface area contributed by atoms with Gasteiger partial charge in [0.2, 0.25) is 0 Å². The number of aromatic amines is 1. The minimum atomic E-state index is -0.960. The Kier molecular flexibility index (Phi) is 6.21. The van der Waals surface area contributed by atoms with E-state index in [4.69, 9.17) is 4.98 Å². The second-order valence-electron chi connectivity index (χ2n) is 10.4. The summed E-state index contributed by atoms with van der Waals surface area (Å²) >= 11 is 0. The molecule has 5 rings (SSSR count). The molecule has 0 aliphatic rings. The highest BCUT2D eigenvalue weighted by atomic mass is 16.4. The number of aromatic nitrogens is 4. The lowest BCUT2D eigenvalue weighted by Gasteiger charge is -2.19. The fraction of sp³-hybridized carbons (Fsp3) is 0.200. The number of carbonyl (C=O) groups is 1. The van der Waals surface area contributed by atoms with Crippen LogP contribution >= 0.6 is 0 Å². The summed E-state index contributed by atoms with van der Waals surface area (Å²) in [6.07, 6.45) is 0.680. The molecular formula is C30H28N4O3. The van der Waals surface area contributed by atoms with Crippen molar-refractivity contribution in [2.45, 2.75) is 33.7 Å². The maximum absolute atomic E-state index is 13.1. The Morgan fingerprint density at radius 3 is 2.27 bits per heavy atom. The molecule has 0 spiro atoms. The third-order valence-corrected chi connectivity index (χ3v) is 6.25. The molecule has 2 aromatic heterocycles. The van der Waals surface area contributed by atoms with Crippen LogP contribution in [-0.4, -0.2) is 30.8 Å². The van der Waals surface area contributed by atoms with E-state index >= 15 is 0 Å². The van der Waals surface area contributed by atoms with Crippen LogP contribution in [0, 0.1) is 5.41 Å². The predicted molar refractivity (Wildman–Crippen MR) is 145 cm³/mol. The quantitative estimate of drug-likeness (QED) is 0.312. The van der Waals surface area contributed by atoms with Crippen LogP contribution in [0.5, 0.6) is 0 Å². The largest absolute Gasteiger partial charge is 0.478 e. The molecule has 186 valence electrons. The Balaban J connectivity index is 1.60. The number of carboxylic acid groups (broad SMARTS) is 1. The van der Waals surface area contributed by atoms with Crippen molar-refractivity contribution in [3.63, 3.8) is 0 Å². The van der Waals surface area contributed by atoms with Gasteiger partial charge in [-0.2, -0.15) is 5.10 Å². The minimum Gasteiger partial charge on any atom is -0.478 e. The summed E-state index contributed by atoms with van der Waals surface area (Å²) in [5.74, 6) is -0.142. The number of H-pyrrole nitrogens is 1. The van der Waals surface area contributed by atoms with Crippen molar-refractivity contribution in [1.82, 2.24) is 19.7 Å². The van der Waals surface area contributed by atoms with Gasteiger partial charge in [-0.1, -0.05) is 93.6 Å². The van der Waals surface area contributed by atoms with Crippen molar-refractivity contribution in [3.8, 4) is 22.4 Å². The molecule has 0 unspecified atom stereocenters. The fourth-order valence-corrected chi connectivity index (χ4v) is 4.58. The third kappa shape index (κ3) is 4.93. The van der Waals surface area contributed by atoms with Gasteiger partial charge in [-0.15, -0.1) is 0 Å². The lowest BCUT2D eigenvalue weighted by molar-refractivity contribution is 0.0697. The first-order valence-corrected chi connectivity index (χ1v) is 12.2. The first-order chi connectivity index (χ1) is 17.7. The van der Waals surface area contributed by atoms with Crippen molar-refractivity contribution in [2.24, 2.45) is 5.41 Å². The first-order valence-electron chi connectivity index (χ1n) is 12.2. The van der Waals surface area contributed by atoms with Gasteiger partial charge >= 0.3 is 5.97 Å². The SMILES string of the molecule is CC(C)(C)Cc1nc2c(-c3ccccc3)n[nH]c(=O)c2n1Cc1ccc(-c2ccccc2C(=O)O)cc1. The van der Waals surface area contributed by atoms with Gasteiger partial charge in [0.15, 0.2) is 0 Å². The average molecular weight is 493 g/mol. The number of nitrogens with one attached hydrogen (secondary N) is 1. The van der Waals surface area contributed by atoms with Crippen LogP contribution in [0.15, 0.2) is 83.7 Å². The van der Waals surface area contributed by atoms with Gasteiger partial charge in [-0.25, -0.2) is 14.9 Å². The van der Waals surface area contributed by atoms with E-state index in [1.54, 1.807) is 18.2 Å². The van der Waals surface area contributed by atoms with E-state index in [0.717, 1.165) is 22.5 Å². The fourth-order valence-electron chi connectivity index (χ4n) is 4.58. The van der Waals surface area contributed by atoms with Gasteiger partial charge in [0, 0.05) is 18.5 Å². The van der Waals surface area contributed by atoms with Gasteiger partial charge in [0.1, 0.15) is 22.6 Å². The Morgan fingerprint density at radius 1 is 0.919 bits per heavy atom. The number of benzene rings is 3. The van der Waals surface area contributed by atoms with Gasteiger partial charge in [-0.05, 0) is 28.2 Å². The molecule has 0 aliphatic heterocycles. The van der Waals surface area contributed by atoms with Gasteiger partial charge in [0.25, 0.3) is 5.56 Å². The summed E-state index contributed by atoms with van der Waals surface area (Å²) in [6, 6.07) is 24.4. The van der Waals surface area contributed by atoms with Crippen molar-refractivity contribution in [3.05, 3.63) is 106 Å². The minimum absolute atomic E-state index is 0.0450. The van der Waals surface area contributed by atoms with Crippen LogP contribution < -0.4 is 5.56 Å². The highest BCUT2D eigenvalue weighted by Crippen LogP contribution is 2.29. The van der Waals surface area contributed by atoms with Gasteiger partial charge in [-0.3, -0.25) is 4.79 Å². The maximum atomic E-state index is 13.1. The summed E-state index contributed by atoms with van der Waals surface area (Å²) in [7, 11) is 0. The van der Waals surface area contributed by atoms with Crippen LogP contribution in [0.2, 0.25) is 0 Å². The second-order valence-corrected chi connectivity index (χ2v) is 10.4. The zero-order valence-electron chi connectivity index (χ0n) is 21.0. The van der Waals surface area contributed by atoms with E-state index in [2.05, 4.69) is 31.0 Å². The summed E-state index contributed by atoms with van der Waals surface area (Å²) in [4.78, 5) is 29.7. The molecule has 0 radical (unpaired) electrons. The molecule has 5 aromatic rings. The Morgan fingerprint density at radius 2 is 1.59 bits per heavy atom. The highest BCUT2D eigenvalue weighted by Gasteiger charge is 2.23. The van der Waals surface area contributed by atoms with E-state index in [1.165, 1.54) is 0 Å². The van der Waals surface area contributed by atoms with Crippen molar-refractivity contribution in [1.29, 1.82) is 0 Å². The number of nitrogens with zero attached hydrogens (tertiary/aromatic N) is 3. The lowest BCUT2D eigenvalue weighted by Crippen LogP contribution is -2.18. The second kappa shape index (κ2) is 9.50. The van der Waals surface area contributed by atoms with Crippen LogP contribution in [0.1, 0.15) is 42.5 Å². The van der Waals surface area contributed by atoms with Gasteiger partial charge < -0.3 is 9.67 Å². The third-order valence-electron chi connectivity index (χ3n) is 6.25. The van der Waals surface area contributed by atoms with Crippen LogP contribution in [0.3, 0.4) is 0 Å². The van der Waals surface area contributed by atoms with Crippen LogP contribution in [0.25, 0.3) is 33.4 Å². The summed E-state index contributed by atoms with van der Waals surface area (Å²) in [5, 5.41) is 16.6. The number of fused-ring (bicyclic) bond motifs is 1. The molecule has 0 saturated heterocycles. The monoisotopic (exact) mass is 492 g/mol. The maximum Gasteiger partial charge on any atom is 0.336 e. The van der Waals surface area contributed by atoms with E-state index in [9.17, 15) is 14.7 Å². The van der Waals surface area contributed by atoms with Crippen LogP contribution in [0.4, 0.5) is 0 Å². The number of carboxylic acids is 1. The topological polar surface area (TPSA) is 101 Å². The van der Waals surface area contributed by atoms with Crippen molar-refractivity contribution >= 4 is 17.0 Å². The molecule has 0 bridgehead atoms. The van der Waals surface area contributed by atoms with E-state index in [0.29, 0.717) is 35.3 Å². The molecule has 0 fully saturated rings. The summed E-state index contributed by atoms with van der Waals surface area (Å²) in [5.41, 5.74) is 5.00. The molecule has 0 saturated carbocycles. The van der Waals surface area contributed by atoms with E-state index in [-0.39, 0.29) is 16.5 Å². The first kappa shape index (κ1) is 24.2. The van der Waals surface area contributed by atoms with Crippen molar-refractivity contribution in [2.75, 3.05) is 0 Å².